The van der Waals surface area contributed by atoms with Gasteiger partial charge in [0.25, 0.3) is 0 Å². The minimum Gasteiger partial charge on any atom is -0.322 e. The van der Waals surface area contributed by atoms with Gasteiger partial charge in [-0.05, 0) is 45.3 Å². The third kappa shape index (κ3) is 4.61. The highest BCUT2D eigenvalue weighted by molar-refractivity contribution is 6.33. The Balaban J connectivity index is 2.22. The van der Waals surface area contributed by atoms with E-state index in [-0.39, 0.29) is 16.8 Å². The molecule has 0 fully saturated rings. The molecule has 0 aliphatic carbocycles. The van der Waals surface area contributed by atoms with E-state index in [9.17, 15) is 9.59 Å². The molecule has 0 spiro atoms. The van der Waals surface area contributed by atoms with E-state index < -0.39 is 0 Å². The normalized spacial score (nSPS) is 11.3. The number of anilines is 1. The van der Waals surface area contributed by atoms with Crippen LogP contribution < -0.4 is 5.32 Å². The second kappa shape index (κ2) is 7.35. The van der Waals surface area contributed by atoms with Crippen LogP contribution in [0.3, 0.4) is 0 Å². The lowest BCUT2D eigenvalue weighted by Crippen LogP contribution is -2.12. The summed E-state index contributed by atoms with van der Waals surface area (Å²) in [7, 11) is 3.85. The Morgan fingerprint density at radius 2 is 2.04 bits per heavy atom. The summed E-state index contributed by atoms with van der Waals surface area (Å²) in [5.74, 6) is -0.356. The second-order valence-electron chi connectivity index (χ2n) is 5.44. The van der Waals surface area contributed by atoms with Crippen molar-refractivity contribution in [2.24, 2.45) is 0 Å². The summed E-state index contributed by atoms with van der Waals surface area (Å²) in [6, 6.07) is 6.95. The number of Topliss-reactive ketones (excluding diaryl/α,β-unsaturated/α-hetero) is 1. The van der Waals surface area contributed by atoms with Gasteiger partial charge in [-0.15, -0.1) is 0 Å². The summed E-state index contributed by atoms with van der Waals surface area (Å²) in [4.78, 5) is 29.5. The lowest BCUT2D eigenvalue weighted by Gasteiger charge is -2.07. The van der Waals surface area contributed by atoms with Crippen molar-refractivity contribution in [2.45, 2.75) is 6.92 Å². The Morgan fingerprint density at radius 3 is 2.70 bits per heavy atom. The number of hydrogen-bond acceptors (Lipinski definition) is 4. The molecule has 2 rings (SSSR count). The van der Waals surface area contributed by atoms with Crippen LogP contribution in [0.25, 0.3) is 10.9 Å². The van der Waals surface area contributed by atoms with Gasteiger partial charge < -0.3 is 10.2 Å². The van der Waals surface area contributed by atoms with E-state index in [4.69, 9.17) is 11.6 Å². The van der Waals surface area contributed by atoms with E-state index in [1.165, 1.54) is 13.0 Å². The summed E-state index contributed by atoms with van der Waals surface area (Å²) in [6.45, 7) is 2.13. The van der Waals surface area contributed by atoms with Gasteiger partial charge in [0.2, 0.25) is 5.91 Å². The van der Waals surface area contributed by atoms with Crippen LogP contribution in [0.4, 0.5) is 5.69 Å². The van der Waals surface area contributed by atoms with Gasteiger partial charge >= 0.3 is 0 Å². The summed E-state index contributed by atoms with van der Waals surface area (Å²) < 4.78 is 0. The zero-order valence-electron chi connectivity index (χ0n) is 13.3. The number of amides is 1. The molecular formula is C17H18ClN3O2. The van der Waals surface area contributed by atoms with Gasteiger partial charge in [0.1, 0.15) is 5.15 Å². The molecular weight excluding hydrogens is 314 g/mol. The number of rotatable bonds is 5. The van der Waals surface area contributed by atoms with E-state index in [0.29, 0.717) is 23.3 Å². The van der Waals surface area contributed by atoms with Gasteiger partial charge in [-0.1, -0.05) is 17.7 Å². The average molecular weight is 332 g/mol. The highest BCUT2D eigenvalue weighted by atomic mass is 35.5. The molecule has 23 heavy (non-hydrogen) atoms. The van der Waals surface area contributed by atoms with Crippen LogP contribution in [0.5, 0.6) is 0 Å². The smallest absolute Gasteiger partial charge is 0.248 e. The fourth-order valence-corrected chi connectivity index (χ4v) is 2.31. The molecule has 0 aliphatic rings. The van der Waals surface area contributed by atoms with Crippen LogP contribution in [-0.4, -0.2) is 42.2 Å². The fourth-order valence-electron chi connectivity index (χ4n) is 2.03. The Labute approximate surface area is 139 Å². The summed E-state index contributed by atoms with van der Waals surface area (Å²) in [5.41, 5.74) is 1.67. The number of carbonyl (C=O) groups is 2. The number of carbonyl (C=O) groups excluding carboxylic acids is 2. The molecule has 1 aromatic carbocycles. The van der Waals surface area contributed by atoms with Crippen molar-refractivity contribution in [1.29, 1.82) is 0 Å². The second-order valence-corrected chi connectivity index (χ2v) is 5.80. The van der Waals surface area contributed by atoms with E-state index in [1.54, 1.807) is 30.3 Å². The molecule has 1 heterocycles. The van der Waals surface area contributed by atoms with Crippen LogP contribution in [0.2, 0.25) is 5.15 Å². The Hall–Kier alpha value is -2.24. The lowest BCUT2D eigenvalue weighted by atomic mass is 10.1. The van der Waals surface area contributed by atoms with Crippen LogP contribution in [0.15, 0.2) is 36.4 Å². The van der Waals surface area contributed by atoms with Crippen molar-refractivity contribution < 1.29 is 9.59 Å². The molecule has 1 N–H and O–H groups in total. The van der Waals surface area contributed by atoms with Crippen molar-refractivity contribution >= 4 is 39.9 Å². The first-order valence-electron chi connectivity index (χ1n) is 7.10. The van der Waals surface area contributed by atoms with Crippen molar-refractivity contribution in [3.63, 3.8) is 0 Å². The summed E-state index contributed by atoms with van der Waals surface area (Å²) in [6.07, 6.45) is 3.27. The standard InChI is InChI=1S/C17H18ClN3O2/c1-11(22)14-10-12-9-13(6-7-15(12)20-17(14)18)19-16(23)5-4-8-21(2)3/h4-7,9-10H,8H2,1-3H3,(H,19,23). The molecule has 0 aliphatic heterocycles. The molecule has 0 bridgehead atoms. The number of nitrogens with zero attached hydrogens (tertiary/aromatic N) is 2. The van der Waals surface area contributed by atoms with Crippen molar-refractivity contribution in [1.82, 2.24) is 9.88 Å². The van der Waals surface area contributed by atoms with Gasteiger partial charge in [0.05, 0.1) is 11.1 Å². The number of fused-ring (bicyclic) bond motifs is 1. The van der Waals surface area contributed by atoms with E-state index >= 15 is 0 Å². The maximum absolute atomic E-state index is 11.9. The van der Waals surface area contributed by atoms with E-state index in [1.807, 2.05) is 19.0 Å². The van der Waals surface area contributed by atoms with Gasteiger partial charge in [-0.3, -0.25) is 9.59 Å². The number of ketones is 1. The van der Waals surface area contributed by atoms with Crippen molar-refractivity contribution in [3.05, 3.63) is 47.1 Å². The summed E-state index contributed by atoms with van der Waals surface area (Å²) in [5, 5.41) is 3.71. The molecule has 1 amide bonds. The summed E-state index contributed by atoms with van der Waals surface area (Å²) >= 11 is 5.99. The monoisotopic (exact) mass is 331 g/mol. The Kier molecular flexibility index (Phi) is 5.47. The number of halogens is 1. The zero-order valence-corrected chi connectivity index (χ0v) is 14.0. The van der Waals surface area contributed by atoms with Gasteiger partial charge in [-0.25, -0.2) is 4.98 Å². The number of pyridine rings is 1. The number of hydrogen-bond donors (Lipinski definition) is 1. The Morgan fingerprint density at radius 1 is 1.30 bits per heavy atom. The van der Waals surface area contributed by atoms with Crippen LogP contribution in [0, 0.1) is 0 Å². The van der Waals surface area contributed by atoms with Crippen molar-refractivity contribution in [3.8, 4) is 0 Å². The van der Waals surface area contributed by atoms with Crippen LogP contribution in [0.1, 0.15) is 17.3 Å². The fraction of sp³-hybridized carbons (Fsp3) is 0.235. The van der Waals surface area contributed by atoms with Gasteiger partial charge in [-0.2, -0.15) is 0 Å². The molecule has 0 unspecified atom stereocenters. The molecule has 0 saturated heterocycles. The Bertz CT molecular complexity index is 785. The zero-order chi connectivity index (χ0) is 17.0. The first-order chi connectivity index (χ1) is 10.9. The first-order valence-corrected chi connectivity index (χ1v) is 7.48. The van der Waals surface area contributed by atoms with Gasteiger partial charge in [0, 0.05) is 23.7 Å². The molecule has 2 aromatic rings. The maximum atomic E-state index is 11.9. The van der Waals surface area contributed by atoms with Crippen LogP contribution in [-0.2, 0) is 4.79 Å². The number of aromatic nitrogens is 1. The minimum atomic E-state index is -0.208. The van der Waals surface area contributed by atoms with Crippen LogP contribution >= 0.6 is 11.6 Å². The quantitative estimate of drug-likeness (QED) is 0.519. The van der Waals surface area contributed by atoms with Gasteiger partial charge in [0.15, 0.2) is 5.78 Å². The highest BCUT2D eigenvalue weighted by Crippen LogP contribution is 2.23. The largest absolute Gasteiger partial charge is 0.322 e. The third-order valence-corrected chi connectivity index (χ3v) is 3.44. The predicted molar refractivity (Wildman–Crippen MR) is 93.1 cm³/mol. The lowest BCUT2D eigenvalue weighted by molar-refractivity contribution is -0.111. The third-order valence-electron chi connectivity index (χ3n) is 3.15. The average Bonchev–Trinajstić information content (AvgIpc) is 2.46. The minimum absolute atomic E-state index is 0.148. The maximum Gasteiger partial charge on any atom is 0.248 e. The predicted octanol–water partition coefficient (Wildman–Crippen LogP) is 3.15. The number of nitrogens with one attached hydrogen (secondary N) is 1. The molecule has 120 valence electrons. The van der Waals surface area contributed by atoms with E-state index in [0.717, 1.165) is 5.39 Å². The molecule has 6 heteroatoms. The molecule has 0 radical (unpaired) electrons. The molecule has 0 atom stereocenters. The highest BCUT2D eigenvalue weighted by Gasteiger charge is 2.09. The molecule has 1 aromatic heterocycles. The molecule has 0 saturated carbocycles. The first kappa shape index (κ1) is 17.1. The van der Waals surface area contributed by atoms with E-state index in [2.05, 4.69) is 10.3 Å². The van der Waals surface area contributed by atoms with Crippen molar-refractivity contribution in [2.75, 3.05) is 26.0 Å². The topological polar surface area (TPSA) is 62.3 Å². The number of likely N-dealkylation sites (N-methyl/N-ethyl adjacent to an activating group) is 1. The molecule has 5 nitrogen and oxygen atoms in total. The number of benzene rings is 1. The SMILES string of the molecule is CC(=O)c1cc2cc(NC(=O)C=CCN(C)C)ccc2nc1Cl.